The number of non-ortho nitro benzene ring substituents is 1. The van der Waals surface area contributed by atoms with E-state index in [1.165, 1.54) is 11.0 Å². The second kappa shape index (κ2) is 6.84. The molecule has 2 aromatic carbocycles. The number of rotatable bonds is 3. The highest BCUT2D eigenvalue weighted by Gasteiger charge is 2.26. The molecule has 8 heteroatoms. The molecule has 0 aliphatic carbocycles. The Hall–Kier alpha value is -3.03. The van der Waals surface area contributed by atoms with Crippen LogP contribution in [-0.2, 0) is 0 Å². The van der Waals surface area contributed by atoms with Crippen LogP contribution in [-0.4, -0.2) is 41.9 Å². The lowest BCUT2D eigenvalue weighted by molar-refractivity contribution is -0.384. The molecule has 1 fully saturated rings. The largest absolute Gasteiger partial charge is 0.366 e. The molecule has 1 heterocycles. The van der Waals surface area contributed by atoms with Gasteiger partial charge in [0.2, 0.25) is 0 Å². The van der Waals surface area contributed by atoms with Crippen molar-refractivity contribution in [1.82, 2.24) is 4.90 Å². The predicted octanol–water partition coefficient (Wildman–Crippen LogP) is 2.84. The molecule has 1 aliphatic rings. The minimum atomic E-state index is -0.799. The van der Waals surface area contributed by atoms with Crippen molar-refractivity contribution in [2.75, 3.05) is 31.1 Å². The molecule has 0 radical (unpaired) electrons. The molecule has 1 aliphatic heterocycles. The molecule has 130 valence electrons. The van der Waals surface area contributed by atoms with Gasteiger partial charge in [-0.1, -0.05) is 12.1 Å². The minimum absolute atomic E-state index is 0.273. The highest BCUT2D eigenvalue weighted by molar-refractivity contribution is 5.95. The third-order valence-electron chi connectivity index (χ3n) is 4.15. The smallest absolute Gasteiger partial charge is 0.270 e. The summed E-state index contributed by atoms with van der Waals surface area (Å²) in [6.07, 6.45) is 0. The number of nitro benzene ring substituents is 1. The molecule has 0 spiro atoms. The summed E-state index contributed by atoms with van der Waals surface area (Å²) in [5.74, 6) is -1.74. The molecular formula is C17H15F2N3O3. The zero-order valence-corrected chi connectivity index (χ0v) is 13.2. The van der Waals surface area contributed by atoms with Crippen molar-refractivity contribution in [3.05, 3.63) is 69.8 Å². The third kappa shape index (κ3) is 3.42. The Balaban J connectivity index is 1.73. The van der Waals surface area contributed by atoms with Crippen molar-refractivity contribution >= 4 is 17.3 Å². The van der Waals surface area contributed by atoms with Crippen LogP contribution in [0.2, 0.25) is 0 Å². The molecule has 0 N–H and O–H groups in total. The van der Waals surface area contributed by atoms with E-state index in [2.05, 4.69) is 0 Å². The van der Waals surface area contributed by atoms with Gasteiger partial charge in [0.05, 0.1) is 16.2 Å². The lowest BCUT2D eigenvalue weighted by Crippen LogP contribution is -2.49. The molecule has 0 aromatic heterocycles. The normalized spacial score (nSPS) is 14.5. The van der Waals surface area contributed by atoms with Crippen LogP contribution in [0.15, 0.2) is 42.5 Å². The highest BCUT2D eigenvalue weighted by atomic mass is 19.1. The lowest BCUT2D eigenvalue weighted by Gasteiger charge is -2.36. The molecule has 2 aromatic rings. The van der Waals surface area contributed by atoms with Crippen LogP contribution in [0.3, 0.4) is 0 Å². The summed E-state index contributed by atoms with van der Waals surface area (Å²) < 4.78 is 27.7. The van der Waals surface area contributed by atoms with Crippen LogP contribution in [0.25, 0.3) is 0 Å². The molecule has 1 saturated heterocycles. The number of carbonyl (C=O) groups excluding carboxylic acids is 1. The lowest BCUT2D eigenvalue weighted by atomic mass is 10.1. The monoisotopic (exact) mass is 347 g/mol. The fourth-order valence-corrected chi connectivity index (χ4v) is 2.82. The Morgan fingerprint density at radius 3 is 2.32 bits per heavy atom. The molecule has 0 saturated carbocycles. The second-order valence-electron chi connectivity index (χ2n) is 5.65. The van der Waals surface area contributed by atoms with Crippen molar-refractivity contribution in [3.8, 4) is 0 Å². The maximum atomic E-state index is 13.9. The Morgan fingerprint density at radius 1 is 1.00 bits per heavy atom. The van der Waals surface area contributed by atoms with E-state index in [-0.39, 0.29) is 30.2 Å². The van der Waals surface area contributed by atoms with Crippen LogP contribution in [0.1, 0.15) is 10.4 Å². The molecule has 0 bridgehead atoms. The Bertz CT molecular complexity index is 821. The van der Waals surface area contributed by atoms with E-state index in [0.29, 0.717) is 18.8 Å². The van der Waals surface area contributed by atoms with Gasteiger partial charge in [0, 0.05) is 38.3 Å². The van der Waals surface area contributed by atoms with E-state index in [0.717, 1.165) is 18.2 Å². The highest BCUT2D eigenvalue weighted by Crippen LogP contribution is 2.22. The predicted molar refractivity (Wildman–Crippen MR) is 87.6 cm³/mol. The number of piperazine rings is 1. The van der Waals surface area contributed by atoms with Gasteiger partial charge >= 0.3 is 0 Å². The van der Waals surface area contributed by atoms with Crippen molar-refractivity contribution in [2.45, 2.75) is 0 Å². The second-order valence-corrected chi connectivity index (χ2v) is 5.65. The van der Waals surface area contributed by atoms with Crippen molar-refractivity contribution in [3.63, 3.8) is 0 Å². The molecule has 6 nitrogen and oxygen atoms in total. The van der Waals surface area contributed by atoms with Crippen molar-refractivity contribution < 1.29 is 18.5 Å². The summed E-state index contributed by atoms with van der Waals surface area (Å²) in [5, 5.41) is 10.8. The maximum absolute atomic E-state index is 13.9. The number of hydrogen-bond acceptors (Lipinski definition) is 4. The van der Waals surface area contributed by atoms with Gasteiger partial charge in [0.25, 0.3) is 11.6 Å². The average molecular weight is 347 g/mol. The summed E-state index contributed by atoms with van der Waals surface area (Å²) >= 11 is 0. The van der Waals surface area contributed by atoms with Gasteiger partial charge in [-0.2, -0.15) is 0 Å². The number of halogens is 2. The van der Waals surface area contributed by atoms with Crippen molar-refractivity contribution in [1.29, 1.82) is 0 Å². The minimum Gasteiger partial charge on any atom is -0.366 e. The van der Waals surface area contributed by atoms with E-state index in [1.54, 1.807) is 18.2 Å². The van der Waals surface area contributed by atoms with Crippen molar-refractivity contribution in [2.24, 2.45) is 0 Å². The first-order valence-corrected chi connectivity index (χ1v) is 7.70. The van der Waals surface area contributed by atoms with E-state index in [9.17, 15) is 23.7 Å². The zero-order valence-electron chi connectivity index (χ0n) is 13.2. The Labute approximate surface area is 142 Å². The number of nitrogens with zero attached hydrogens (tertiary/aromatic N) is 3. The standard InChI is InChI=1S/C17H15F2N3O3/c18-14-6-5-12(22(24)25)11-13(14)17(23)21-9-7-20(8-10-21)16-4-2-1-3-15(16)19/h1-6,11H,7-10H2. The van der Waals surface area contributed by atoms with Gasteiger partial charge in [0.15, 0.2) is 0 Å². The number of nitro groups is 1. The Morgan fingerprint density at radius 2 is 1.68 bits per heavy atom. The first kappa shape index (κ1) is 16.8. The number of para-hydroxylation sites is 1. The number of anilines is 1. The van der Waals surface area contributed by atoms with Gasteiger partial charge in [-0.25, -0.2) is 8.78 Å². The molecule has 0 atom stereocenters. The van der Waals surface area contributed by atoms with Gasteiger partial charge in [-0.3, -0.25) is 14.9 Å². The van der Waals surface area contributed by atoms with Gasteiger partial charge in [0.1, 0.15) is 11.6 Å². The molecule has 3 rings (SSSR count). The van der Waals surface area contributed by atoms with E-state index < -0.39 is 16.6 Å². The van der Waals surface area contributed by atoms with Crippen LogP contribution in [0.5, 0.6) is 0 Å². The maximum Gasteiger partial charge on any atom is 0.270 e. The molecular weight excluding hydrogens is 332 g/mol. The summed E-state index contributed by atoms with van der Waals surface area (Å²) in [5.41, 5.74) is -0.209. The number of benzene rings is 2. The first-order chi connectivity index (χ1) is 12.0. The van der Waals surface area contributed by atoms with Crippen LogP contribution >= 0.6 is 0 Å². The quantitative estimate of drug-likeness (QED) is 0.633. The summed E-state index contributed by atoms with van der Waals surface area (Å²) in [7, 11) is 0. The van der Waals surface area contributed by atoms with Gasteiger partial charge < -0.3 is 9.80 Å². The average Bonchev–Trinajstić information content (AvgIpc) is 2.62. The van der Waals surface area contributed by atoms with Crippen LogP contribution < -0.4 is 4.90 Å². The first-order valence-electron chi connectivity index (χ1n) is 7.70. The number of carbonyl (C=O) groups is 1. The summed E-state index contributed by atoms with van der Waals surface area (Å²) in [6, 6.07) is 9.24. The topological polar surface area (TPSA) is 66.7 Å². The SMILES string of the molecule is O=C(c1cc([N+](=O)[O-])ccc1F)N1CCN(c2ccccc2F)CC1. The fraction of sp³-hybridized carbons (Fsp3) is 0.235. The Kier molecular flexibility index (Phi) is 4.60. The molecule has 25 heavy (non-hydrogen) atoms. The van der Waals surface area contributed by atoms with E-state index in [1.807, 2.05) is 4.90 Å². The van der Waals surface area contributed by atoms with Gasteiger partial charge in [-0.05, 0) is 18.2 Å². The van der Waals surface area contributed by atoms with Crippen LogP contribution in [0, 0.1) is 21.7 Å². The van der Waals surface area contributed by atoms with E-state index >= 15 is 0 Å². The van der Waals surface area contributed by atoms with Crippen LogP contribution in [0.4, 0.5) is 20.2 Å². The van der Waals surface area contributed by atoms with E-state index in [4.69, 9.17) is 0 Å². The van der Waals surface area contributed by atoms with Gasteiger partial charge in [-0.15, -0.1) is 0 Å². The summed E-state index contributed by atoms with van der Waals surface area (Å²) in [6.45, 7) is 1.33. The molecule has 1 amide bonds. The number of amides is 1. The zero-order chi connectivity index (χ0) is 18.0. The fourth-order valence-electron chi connectivity index (χ4n) is 2.82. The number of hydrogen-bond donors (Lipinski definition) is 0. The molecule has 0 unspecified atom stereocenters. The summed E-state index contributed by atoms with van der Waals surface area (Å²) in [4.78, 5) is 25.8. The third-order valence-corrected chi connectivity index (χ3v) is 4.15.